The first-order chi connectivity index (χ1) is 7.42. The molecular weight excluding hydrogens is 200 g/mol. The van der Waals surface area contributed by atoms with Gasteiger partial charge in [0.2, 0.25) is 5.88 Å². The summed E-state index contributed by atoms with van der Waals surface area (Å²) in [6, 6.07) is 3.94. The largest absolute Gasteiger partial charge is 0.477 e. The lowest BCUT2D eigenvalue weighted by Gasteiger charge is -2.18. The van der Waals surface area contributed by atoms with Crippen LogP contribution in [0.4, 0.5) is 0 Å². The molecule has 1 aromatic heterocycles. The van der Waals surface area contributed by atoms with Crippen molar-refractivity contribution in [3.8, 4) is 5.88 Å². The summed E-state index contributed by atoms with van der Waals surface area (Å²) in [5, 5.41) is 0. The van der Waals surface area contributed by atoms with E-state index >= 15 is 0 Å². The van der Waals surface area contributed by atoms with Gasteiger partial charge in [-0.25, -0.2) is 4.98 Å². The van der Waals surface area contributed by atoms with Crippen molar-refractivity contribution in [3.63, 3.8) is 0 Å². The van der Waals surface area contributed by atoms with Crippen molar-refractivity contribution < 1.29 is 4.74 Å². The fraction of sp³-hybridized carbons (Fsp3) is 0.615. The van der Waals surface area contributed by atoms with Gasteiger partial charge in [-0.2, -0.15) is 0 Å². The third kappa shape index (κ3) is 4.19. The van der Waals surface area contributed by atoms with Crippen molar-refractivity contribution in [3.05, 3.63) is 23.4 Å². The van der Waals surface area contributed by atoms with Gasteiger partial charge in [-0.05, 0) is 24.8 Å². The Hall–Kier alpha value is -1.09. The van der Waals surface area contributed by atoms with Crippen LogP contribution in [-0.2, 0) is 6.54 Å². The highest BCUT2D eigenvalue weighted by atomic mass is 16.5. The summed E-state index contributed by atoms with van der Waals surface area (Å²) in [4.78, 5) is 4.36. The van der Waals surface area contributed by atoms with Crippen LogP contribution < -0.4 is 10.5 Å². The summed E-state index contributed by atoms with van der Waals surface area (Å²) >= 11 is 0. The maximum absolute atomic E-state index is 5.69. The van der Waals surface area contributed by atoms with E-state index in [0.717, 1.165) is 17.7 Å². The van der Waals surface area contributed by atoms with E-state index in [-0.39, 0.29) is 5.41 Å². The molecule has 0 radical (unpaired) electrons. The van der Waals surface area contributed by atoms with Gasteiger partial charge in [0, 0.05) is 17.8 Å². The van der Waals surface area contributed by atoms with E-state index in [1.165, 1.54) is 0 Å². The predicted octanol–water partition coefficient (Wildman–Crippen LogP) is 2.66. The molecule has 0 fully saturated rings. The number of rotatable bonds is 4. The Balaban J connectivity index is 2.62. The van der Waals surface area contributed by atoms with Crippen molar-refractivity contribution in [1.29, 1.82) is 0 Å². The first-order valence-corrected chi connectivity index (χ1v) is 5.72. The van der Waals surface area contributed by atoms with Gasteiger partial charge in [0.1, 0.15) is 0 Å². The first kappa shape index (κ1) is 13.0. The molecule has 0 aliphatic carbocycles. The van der Waals surface area contributed by atoms with Gasteiger partial charge < -0.3 is 10.5 Å². The van der Waals surface area contributed by atoms with E-state index in [1.54, 1.807) is 0 Å². The molecule has 16 heavy (non-hydrogen) atoms. The second-order valence-electron chi connectivity index (χ2n) is 5.28. The highest BCUT2D eigenvalue weighted by Gasteiger charge is 2.11. The van der Waals surface area contributed by atoms with Crippen LogP contribution in [0.2, 0.25) is 0 Å². The summed E-state index contributed by atoms with van der Waals surface area (Å²) in [5.41, 5.74) is 7.86. The summed E-state index contributed by atoms with van der Waals surface area (Å²) in [6.45, 7) is 9.71. The van der Waals surface area contributed by atoms with Crippen LogP contribution >= 0.6 is 0 Å². The average molecular weight is 222 g/mol. The van der Waals surface area contributed by atoms with Crippen LogP contribution in [-0.4, -0.2) is 11.6 Å². The van der Waals surface area contributed by atoms with Gasteiger partial charge in [-0.15, -0.1) is 0 Å². The smallest absolute Gasteiger partial charge is 0.218 e. The van der Waals surface area contributed by atoms with Crippen molar-refractivity contribution in [2.24, 2.45) is 11.1 Å². The molecule has 0 aliphatic heterocycles. The minimum atomic E-state index is 0.284. The molecule has 3 nitrogen and oxygen atoms in total. The molecule has 0 atom stereocenters. The predicted molar refractivity (Wildman–Crippen MR) is 66.4 cm³/mol. The molecule has 0 amide bonds. The van der Waals surface area contributed by atoms with Gasteiger partial charge in [-0.1, -0.05) is 26.8 Å². The molecule has 1 rings (SSSR count). The molecule has 1 heterocycles. The van der Waals surface area contributed by atoms with Crippen LogP contribution in [0.15, 0.2) is 12.1 Å². The van der Waals surface area contributed by atoms with Crippen LogP contribution in [0.1, 0.15) is 38.4 Å². The van der Waals surface area contributed by atoms with E-state index < -0.39 is 0 Å². The second kappa shape index (κ2) is 5.30. The molecule has 1 aromatic rings. The molecular formula is C13H22N2O. The van der Waals surface area contributed by atoms with E-state index in [9.17, 15) is 0 Å². The molecule has 0 spiro atoms. The molecule has 2 N–H and O–H groups in total. The number of pyridine rings is 1. The highest BCUT2D eigenvalue weighted by molar-refractivity contribution is 5.27. The zero-order chi connectivity index (χ0) is 12.2. The third-order valence-corrected chi connectivity index (χ3v) is 2.39. The van der Waals surface area contributed by atoms with E-state index in [1.807, 2.05) is 19.1 Å². The number of aryl methyl sites for hydroxylation is 1. The Kier molecular flexibility index (Phi) is 4.30. The lowest BCUT2D eigenvalue weighted by Crippen LogP contribution is -2.13. The van der Waals surface area contributed by atoms with E-state index in [2.05, 4.69) is 25.8 Å². The molecule has 0 aliphatic rings. The highest BCUT2D eigenvalue weighted by Crippen LogP contribution is 2.20. The molecule has 3 heteroatoms. The number of hydrogen-bond donors (Lipinski definition) is 1. The fourth-order valence-corrected chi connectivity index (χ4v) is 1.30. The number of hydrogen-bond acceptors (Lipinski definition) is 3. The minimum absolute atomic E-state index is 0.284. The van der Waals surface area contributed by atoms with E-state index in [0.29, 0.717) is 19.0 Å². The molecule has 0 bridgehead atoms. The zero-order valence-corrected chi connectivity index (χ0v) is 10.7. The Labute approximate surface area is 98.0 Å². The maximum Gasteiger partial charge on any atom is 0.218 e. The number of aromatic nitrogens is 1. The first-order valence-electron chi connectivity index (χ1n) is 5.72. The van der Waals surface area contributed by atoms with Gasteiger partial charge in [0.15, 0.2) is 0 Å². The zero-order valence-electron chi connectivity index (χ0n) is 10.7. The van der Waals surface area contributed by atoms with Crippen molar-refractivity contribution >= 4 is 0 Å². The summed E-state index contributed by atoms with van der Waals surface area (Å²) < 4.78 is 5.69. The van der Waals surface area contributed by atoms with Crippen molar-refractivity contribution in [1.82, 2.24) is 4.98 Å². The van der Waals surface area contributed by atoms with Gasteiger partial charge in [0.05, 0.1) is 6.61 Å². The summed E-state index contributed by atoms with van der Waals surface area (Å²) in [7, 11) is 0. The topological polar surface area (TPSA) is 48.1 Å². The van der Waals surface area contributed by atoms with Crippen molar-refractivity contribution in [2.75, 3.05) is 6.61 Å². The number of nitrogens with two attached hydrogens (primary N) is 1. The fourth-order valence-electron chi connectivity index (χ4n) is 1.30. The summed E-state index contributed by atoms with van der Waals surface area (Å²) in [5.74, 6) is 0.687. The number of ether oxygens (including phenoxy) is 1. The minimum Gasteiger partial charge on any atom is -0.477 e. The Morgan fingerprint density at radius 1 is 1.31 bits per heavy atom. The van der Waals surface area contributed by atoms with Gasteiger partial charge in [-0.3, -0.25) is 0 Å². The van der Waals surface area contributed by atoms with Crippen LogP contribution in [0.3, 0.4) is 0 Å². The lowest BCUT2D eigenvalue weighted by atomic mass is 9.93. The van der Waals surface area contributed by atoms with Gasteiger partial charge >= 0.3 is 0 Å². The lowest BCUT2D eigenvalue weighted by molar-refractivity contribution is 0.234. The third-order valence-electron chi connectivity index (χ3n) is 2.39. The Morgan fingerprint density at radius 3 is 2.56 bits per heavy atom. The molecule has 90 valence electrons. The quantitative estimate of drug-likeness (QED) is 0.852. The van der Waals surface area contributed by atoms with Crippen LogP contribution in [0.5, 0.6) is 5.88 Å². The van der Waals surface area contributed by atoms with Gasteiger partial charge in [0.25, 0.3) is 0 Å². The molecule has 0 saturated carbocycles. The monoisotopic (exact) mass is 222 g/mol. The Morgan fingerprint density at radius 2 is 2.00 bits per heavy atom. The molecule has 0 unspecified atom stereocenters. The van der Waals surface area contributed by atoms with Crippen LogP contribution in [0.25, 0.3) is 0 Å². The normalized spacial score (nSPS) is 11.6. The molecule has 0 aromatic carbocycles. The van der Waals surface area contributed by atoms with Crippen LogP contribution in [0, 0.1) is 12.3 Å². The van der Waals surface area contributed by atoms with Crippen molar-refractivity contribution in [2.45, 2.75) is 40.7 Å². The SMILES string of the molecule is Cc1ccc(CN)c(OCCC(C)(C)C)n1. The molecule has 0 saturated heterocycles. The average Bonchev–Trinajstić information content (AvgIpc) is 2.16. The Bertz CT molecular complexity index is 342. The standard InChI is InChI=1S/C13H22N2O/c1-10-5-6-11(9-14)12(15-10)16-8-7-13(2,3)4/h5-6H,7-9,14H2,1-4H3. The number of nitrogens with zero attached hydrogens (tertiary/aromatic N) is 1. The maximum atomic E-state index is 5.69. The second-order valence-corrected chi connectivity index (χ2v) is 5.28. The van der Waals surface area contributed by atoms with E-state index in [4.69, 9.17) is 10.5 Å². The summed E-state index contributed by atoms with van der Waals surface area (Å²) in [6.07, 6.45) is 1.01.